The van der Waals surface area contributed by atoms with Gasteiger partial charge in [-0.1, -0.05) is 11.6 Å². The number of carbonyl (C=O) groups is 2. The molecule has 0 aliphatic carbocycles. The summed E-state index contributed by atoms with van der Waals surface area (Å²) in [6.45, 7) is 1.27. The van der Waals surface area contributed by atoms with Crippen molar-refractivity contribution >= 4 is 45.1 Å². The minimum atomic E-state index is -3.06. The van der Waals surface area contributed by atoms with Crippen LogP contribution in [0, 0.1) is 0 Å². The van der Waals surface area contributed by atoms with Gasteiger partial charge in [0.1, 0.15) is 5.25 Å². The molecule has 1 aliphatic rings. The van der Waals surface area contributed by atoms with Crippen LogP contribution >= 0.6 is 23.4 Å². The second kappa shape index (κ2) is 8.22. The quantitative estimate of drug-likeness (QED) is 0.586. The number of rotatable bonds is 6. The Morgan fingerprint density at radius 1 is 1.38 bits per heavy atom. The predicted octanol–water partition coefficient (Wildman–Crippen LogP) is 1.67. The van der Waals surface area contributed by atoms with E-state index >= 15 is 0 Å². The first-order valence-electron chi connectivity index (χ1n) is 7.34. The van der Waals surface area contributed by atoms with Gasteiger partial charge in [-0.3, -0.25) is 9.59 Å². The molecule has 9 heteroatoms. The van der Waals surface area contributed by atoms with E-state index < -0.39 is 39.6 Å². The highest BCUT2D eigenvalue weighted by atomic mass is 35.5. The Labute approximate surface area is 150 Å². The maximum atomic E-state index is 11.9. The first-order valence-corrected chi connectivity index (χ1v) is 10.4. The average Bonchev–Trinajstić information content (AvgIpc) is 2.85. The number of amides is 1. The van der Waals surface area contributed by atoms with Crippen LogP contribution in [0.1, 0.15) is 13.3 Å². The summed E-state index contributed by atoms with van der Waals surface area (Å²) >= 11 is 7.10. The van der Waals surface area contributed by atoms with Gasteiger partial charge in [0.05, 0.1) is 11.5 Å². The Bertz CT molecular complexity index is 705. The maximum Gasteiger partial charge on any atom is 0.319 e. The van der Waals surface area contributed by atoms with Gasteiger partial charge in [-0.2, -0.15) is 0 Å². The lowest BCUT2D eigenvalue weighted by atomic mass is 10.2. The van der Waals surface area contributed by atoms with E-state index in [2.05, 4.69) is 5.32 Å². The molecule has 0 aromatic heterocycles. The number of nitrogens with one attached hydrogen (secondary N) is 1. The molecule has 6 nitrogen and oxygen atoms in total. The van der Waals surface area contributed by atoms with Crippen molar-refractivity contribution < 1.29 is 22.7 Å². The van der Waals surface area contributed by atoms with Crippen molar-refractivity contribution in [2.75, 3.05) is 18.1 Å². The Hall–Kier alpha value is -1.25. The maximum absolute atomic E-state index is 11.9. The molecule has 0 spiro atoms. The van der Waals surface area contributed by atoms with Crippen LogP contribution in [0.5, 0.6) is 0 Å². The Morgan fingerprint density at radius 3 is 2.62 bits per heavy atom. The first kappa shape index (κ1) is 19.1. The molecule has 24 heavy (non-hydrogen) atoms. The van der Waals surface area contributed by atoms with Crippen molar-refractivity contribution in [2.24, 2.45) is 0 Å². The predicted molar refractivity (Wildman–Crippen MR) is 92.9 cm³/mol. The fourth-order valence-electron chi connectivity index (χ4n) is 2.20. The largest absolute Gasteiger partial charge is 0.455 e. The Morgan fingerprint density at radius 2 is 2.04 bits per heavy atom. The number of thioether (sulfide) groups is 1. The molecule has 0 radical (unpaired) electrons. The third-order valence-corrected chi connectivity index (χ3v) is 6.51. The molecular weight excluding hydrogens is 374 g/mol. The van der Waals surface area contributed by atoms with Gasteiger partial charge in [0.2, 0.25) is 0 Å². The van der Waals surface area contributed by atoms with Crippen LogP contribution in [0.2, 0.25) is 5.02 Å². The van der Waals surface area contributed by atoms with Crippen molar-refractivity contribution in [2.45, 2.75) is 29.5 Å². The highest BCUT2D eigenvalue weighted by Gasteiger charge is 2.29. The van der Waals surface area contributed by atoms with E-state index in [-0.39, 0.29) is 11.5 Å². The van der Waals surface area contributed by atoms with Crippen LogP contribution in [-0.2, 0) is 24.2 Å². The van der Waals surface area contributed by atoms with E-state index in [0.29, 0.717) is 11.4 Å². The van der Waals surface area contributed by atoms with Crippen molar-refractivity contribution in [3.8, 4) is 0 Å². The molecule has 1 saturated heterocycles. The summed E-state index contributed by atoms with van der Waals surface area (Å²) in [6.07, 6.45) is 0.394. The van der Waals surface area contributed by atoms with Gasteiger partial charge in [0.25, 0.3) is 5.91 Å². The molecule has 1 aromatic rings. The van der Waals surface area contributed by atoms with Crippen molar-refractivity contribution in [3.63, 3.8) is 0 Å². The van der Waals surface area contributed by atoms with Gasteiger partial charge in [0.15, 0.2) is 16.4 Å². The Balaban J connectivity index is 1.73. The lowest BCUT2D eigenvalue weighted by Gasteiger charge is -2.13. The zero-order valence-electron chi connectivity index (χ0n) is 13.0. The molecule has 1 amide bonds. The highest BCUT2D eigenvalue weighted by molar-refractivity contribution is 8.00. The minimum Gasteiger partial charge on any atom is -0.455 e. The molecule has 0 unspecified atom stereocenters. The van der Waals surface area contributed by atoms with Crippen LogP contribution in [0.15, 0.2) is 29.2 Å². The normalized spacial score (nSPS) is 20.3. The van der Waals surface area contributed by atoms with Gasteiger partial charge in [0, 0.05) is 16.0 Å². The smallest absolute Gasteiger partial charge is 0.319 e. The van der Waals surface area contributed by atoms with Crippen LogP contribution in [0.25, 0.3) is 0 Å². The van der Waals surface area contributed by atoms with Gasteiger partial charge < -0.3 is 10.1 Å². The standard InChI is InChI=1S/C15H18ClNO5S2/c1-10(23-13-4-2-11(16)3-5-13)15(19)22-8-14(18)17-12-6-7-24(20,21)9-12/h2-5,10,12H,6-9H2,1H3,(H,17,18)/t10-,12+/m1/s1. The van der Waals surface area contributed by atoms with E-state index in [1.165, 1.54) is 11.8 Å². The minimum absolute atomic E-state index is 0.0600. The van der Waals surface area contributed by atoms with Crippen molar-refractivity contribution in [1.82, 2.24) is 5.32 Å². The summed E-state index contributed by atoms with van der Waals surface area (Å²) in [5.41, 5.74) is 0. The highest BCUT2D eigenvalue weighted by Crippen LogP contribution is 2.25. The van der Waals surface area contributed by atoms with Crippen LogP contribution in [0.4, 0.5) is 0 Å². The second-order valence-corrected chi connectivity index (χ2v) is 9.57. The third-order valence-electron chi connectivity index (χ3n) is 3.40. The number of sulfone groups is 1. The summed E-state index contributed by atoms with van der Waals surface area (Å²) in [5.74, 6) is -0.986. The molecule has 2 atom stereocenters. The number of hydrogen-bond acceptors (Lipinski definition) is 6. The number of halogens is 1. The first-order chi connectivity index (χ1) is 11.2. The summed E-state index contributed by atoms with van der Waals surface area (Å²) in [5, 5.41) is 2.70. The molecule has 1 fully saturated rings. The lowest BCUT2D eigenvalue weighted by molar-refractivity contribution is -0.147. The van der Waals surface area contributed by atoms with E-state index in [1.807, 2.05) is 0 Å². The second-order valence-electron chi connectivity index (χ2n) is 5.49. The molecule has 0 bridgehead atoms. The van der Waals surface area contributed by atoms with Gasteiger partial charge in [-0.25, -0.2) is 8.42 Å². The molecular formula is C15H18ClNO5S2. The molecule has 1 heterocycles. The topological polar surface area (TPSA) is 89.5 Å². The summed E-state index contributed by atoms with van der Waals surface area (Å²) < 4.78 is 27.6. The number of benzene rings is 1. The van der Waals surface area contributed by atoms with E-state index in [4.69, 9.17) is 16.3 Å². The molecule has 1 aliphatic heterocycles. The summed E-state index contributed by atoms with van der Waals surface area (Å²) in [4.78, 5) is 24.5. The molecule has 0 saturated carbocycles. The van der Waals surface area contributed by atoms with Crippen LogP contribution in [0.3, 0.4) is 0 Å². The molecule has 1 N–H and O–H groups in total. The monoisotopic (exact) mass is 391 g/mol. The summed E-state index contributed by atoms with van der Waals surface area (Å²) in [7, 11) is -3.06. The average molecular weight is 392 g/mol. The molecule has 1 aromatic carbocycles. The SMILES string of the molecule is C[C@@H](Sc1ccc(Cl)cc1)C(=O)OCC(=O)N[C@H]1CCS(=O)(=O)C1. The lowest BCUT2D eigenvalue weighted by Crippen LogP contribution is -2.38. The van der Waals surface area contributed by atoms with Gasteiger partial charge in [-0.05, 0) is 37.6 Å². The van der Waals surface area contributed by atoms with E-state index in [9.17, 15) is 18.0 Å². The van der Waals surface area contributed by atoms with Gasteiger partial charge >= 0.3 is 5.97 Å². The Kier molecular flexibility index (Phi) is 6.54. The summed E-state index contributed by atoms with van der Waals surface area (Å²) in [6, 6.07) is 6.64. The van der Waals surface area contributed by atoms with Crippen molar-refractivity contribution in [3.05, 3.63) is 29.3 Å². The number of carbonyl (C=O) groups excluding carboxylic acids is 2. The van der Waals surface area contributed by atoms with E-state index in [1.54, 1.807) is 31.2 Å². The van der Waals surface area contributed by atoms with Crippen molar-refractivity contribution in [1.29, 1.82) is 0 Å². The molecule has 132 valence electrons. The third kappa shape index (κ3) is 5.99. The van der Waals surface area contributed by atoms with E-state index in [0.717, 1.165) is 4.90 Å². The van der Waals surface area contributed by atoms with Gasteiger partial charge in [-0.15, -0.1) is 11.8 Å². The number of esters is 1. The van der Waals surface area contributed by atoms with Crippen LogP contribution < -0.4 is 5.32 Å². The fourth-order valence-corrected chi connectivity index (χ4v) is 4.86. The zero-order valence-corrected chi connectivity index (χ0v) is 15.4. The number of hydrogen-bond donors (Lipinski definition) is 1. The van der Waals surface area contributed by atoms with Crippen LogP contribution in [-0.4, -0.2) is 49.7 Å². The number of ether oxygens (including phenoxy) is 1. The zero-order chi connectivity index (χ0) is 17.7. The molecule has 2 rings (SSSR count). The fraction of sp³-hybridized carbons (Fsp3) is 0.467.